The van der Waals surface area contributed by atoms with Gasteiger partial charge in [-0.3, -0.25) is 4.40 Å². The third kappa shape index (κ3) is 2.05. The molecule has 8 heteroatoms. The zero-order valence-corrected chi connectivity index (χ0v) is 11.4. The molecule has 0 aromatic carbocycles. The molecule has 2 aromatic heterocycles. The molecular weight excluding hydrogens is 282 g/mol. The summed E-state index contributed by atoms with van der Waals surface area (Å²) < 4.78 is 25.8. The Morgan fingerprint density at radius 3 is 2.85 bits per heavy atom. The van der Waals surface area contributed by atoms with Crippen LogP contribution in [0.25, 0.3) is 5.65 Å². The van der Waals surface area contributed by atoms with Gasteiger partial charge in [0, 0.05) is 6.20 Å². The van der Waals surface area contributed by atoms with Gasteiger partial charge in [-0.05, 0) is 25.0 Å². The van der Waals surface area contributed by atoms with E-state index >= 15 is 0 Å². The van der Waals surface area contributed by atoms with E-state index in [1.807, 2.05) is 0 Å². The summed E-state index contributed by atoms with van der Waals surface area (Å²) in [6.45, 7) is 0. The maximum absolute atomic E-state index is 12.1. The molecule has 1 N–H and O–H groups in total. The van der Waals surface area contributed by atoms with Gasteiger partial charge in [0.25, 0.3) is 0 Å². The molecule has 1 aliphatic rings. The first-order chi connectivity index (χ1) is 9.49. The fraction of sp³-hybridized carbons (Fsp3) is 0.417. The fourth-order valence-corrected chi connectivity index (χ4v) is 4.41. The van der Waals surface area contributed by atoms with E-state index in [0.29, 0.717) is 24.3 Å². The topological polar surface area (TPSA) is 102 Å². The average Bonchev–Trinajstić information content (AvgIpc) is 2.81. The molecule has 3 rings (SSSR count). The Hall–Kier alpha value is -1.96. The molecule has 7 nitrogen and oxygen atoms in total. The molecule has 0 amide bonds. The largest absolute Gasteiger partial charge is 0.478 e. The number of aromatic nitrogens is 3. The normalized spacial score (nSPS) is 21.9. The van der Waals surface area contributed by atoms with Crippen LogP contribution >= 0.6 is 0 Å². The number of pyridine rings is 1. The van der Waals surface area contributed by atoms with Crippen LogP contribution in [-0.2, 0) is 9.84 Å². The minimum atomic E-state index is -3.20. The summed E-state index contributed by atoms with van der Waals surface area (Å²) in [6, 6.07) is 2.80. The number of hydrogen-bond donors (Lipinski definition) is 1. The first kappa shape index (κ1) is 13.0. The van der Waals surface area contributed by atoms with Gasteiger partial charge in [0.1, 0.15) is 5.25 Å². The number of fused-ring (bicyclic) bond motifs is 1. The fourth-order valence-electron chi connectivity index (χ4n) is 2.51. The van der Waals surface area contributed by atoms with Crippen molar-refractivity contribution in [2.75, 3.05) is 5.75 Å². The molecule has 1 atom stereocenters. The lowest BCUT2D eigenvalue weighted by Gasteiger charge is -2.20. The van der Waals surface area contributed by atoms with Crippen molar-refractivity contribution in [1.29, 1.82) is 0 Å². The molecule has 0 saturated carbocycles. The third-order valence-corrected chi connectivity index (χ3v) is 5.72. The van der Waals surface area contributed by atoms with Crippen molar-refractivity contribution >= 4 is 21.5 Å². The van der Waals surface area contributed by atoms with Crippen molar-refractivity contribution in [2.45, 2.75) is 24.5 Å². The zero-order chi connectivity index (χ0) is 14.3. The highest BCUT2D eigenvalue weighted by atomic mass is 32.2. The van der Waals surface area contributed by atoms with E-state index in [1.54, 1.807) is 4.40 Å². The van der Waals surface area contributed by atoms with Gasteiger partial charge in [-0.25, -0.2) is 13.2 Å². The van der Waals surface area contributed by atoms with Gasteiger partial charge in [0.2, 0.25) is 0 Å². The molecule has 0 radical (unpaired) electrons. The number of carboxylic acids is 1. The second-order valence-electron chi connectivity index (χ2n) is 4.86. The van der Waals surface area contributed by atoms with Gasteiger partial charge in [0.05, 0.1) is 11.3 Å². The van der Waals surface area contributed by atoms with Crippen LogP contribution in [0.3, 0.4) is 0 Å². The molecule has 106 valence electrons. The van der Waals surface area contributed by atoms with E-state index in [-0.39, 0.29) is 11.3 Å². The number of carboxylic acid groups (broad SMARTS) is 1. The molecule has 1 aliphatic heterocycles. The van der Waals surface area contributed by atoms with Gasteiger partial charge in [0.15, 0.2) is 21.3 Å². The van der Waals surface area contributed by atoms with Crippen LogP contribution in [0.1, 0.15) is 40.7 Å². The highest BCUT2D eigenvalue weighted by molar-refractivity contribution is 7.91. The lowest BCUT2D eigenvalue weighted by Crippen LogP contribution is -2.23. The van der Waals surface area contributed by atoms with Crippen molar-refractivity contribution < 1.29 is 18.3 Å². The zero-order valence-electron chi connectivity index (χ0n) is 10.6. The SMILES string of the molecule is O=C(O)c1ccn2c(C3CCCCS3(=O)=O)nnc2c1. The summed E-state index contributed by atoms with van der Waals surface area (Å²) in [5.74, 6) is -0.515. The van der Waals surface area contributed by atoms with Crippen LogP contribution in [-0.4, -0.2) is 39.8 Å². The quantitative estimate of drug-likeness (QED) is 0.889. The van der Waals surface area contributed by atoms with Crippen LogP contribution in [0, 0.1) is 0 Å². The monoisotopic (exact) mass is 295 g/mol. The minimum Gasteiger partial charge on any atom is -0.478 e. The Labute approximate surface area is 115 Å². The van der Waals surface area contributed by atoms with Crippen LogP contribution < -0.4 is 0 Å². The number of rotatable bonds is 2. The van der Waals surface area contributed by atoms with Crippen LogP contribution in [0.15, 0.2) is 18.3 Å². The first-order valence-electron chi connectivity index (χ1n) is 6.28. The molecule has 0 aliphatic carbocycles. The third-order valence-electron chi connectivity index (χ3n) is 3.55. The molecule has 20 heavy (non-hydrogen) atoms. The molecule has 2 aromatic rings. The van der Waals surface area contributed by atoms with E-state index in [9.17, 15) is 13.2 Å². The molecule has 1 unspecified atom stereocenters. The van der Waals surface area contributed by atoms with Crippen molar-refractivity contribution in [3.05, 3.63) is 29.7 Å². The number of nitrogens with zero attached hydrogens (tertiary/aromatic N) is 3. The lowest BCUT2D eigenvalue weighted by molar-refractivity contribution is 0.0697. The lowest BCUT2D eigenvalue weighted by atomic mass is 10.2. The molecular formula is C12H13N3O4S. The second-order valence-corrected chi connectivity index (χ2v) is 7.16. The smallest absolute Gasteiger partial charge is 0.335 e. The Balaban J connectivity index is 2.11. The number of hydrogen-bond acceptors (Lipinski definition) is 5. The predicted octanol–water partition coefficient (Wildman–Crippen LogP) is 1.07. The summed E-state index contributed by atoms with van der Waals surface area (Å²) in [6.07, 6.45) is 3.56. The first-order valence-corrected chi connectivity index (χ1v) is 8.00. The van der Waals surface area contributed by atoms with Gasteiger partial charge >= 0.3 is 5.97 Å². The van der Waals surface area contributed by atoms with Crippen LogP contribution in [0.2, 0.25) is 0 Å². The highest BCUT2D eigenvalue weighted by Crippen LogP contribution is 2.32. The van der Waals surface area contributed by atoms with Gasteiger partial charge in [-0.2, -0.15) is 0 Å². The Morgan fingerprint density at radius 2 is 2.15 bits per heavy atom. The highest BCUT2D eigenvalue weighted by Gasteiger charge is 2.33. The summed E-state index contributed by atoms with van der Waals surface area (Å²) in [4.78, 5) is 10.9. The van der Waals surface area contributed by atoms with Gasteiger partial charge in [-0.1, -0.05) is 6.42 Å². The standard InChI is InChI=1S/C12H13N3O4S/c16-12(17)8-4-5-15-10(7-8)13-14-11(15)9-3-1-2-6-20(9,18)19/h4-5,7,9H,1-3,6H2,(H,16,17). The summed E-state index contributed by atoms with van der Waals surface area (Å²) in [7, 11) is -3.20. The van der Waals surface area contributed by atoms with Crippen molar-refractivity contribution in [1.82, 2.24) is 14.6 Å². The predicted molar refractivity (Wildman–Crippen MR) is 70.3 cm³/mol. The maximum atomic E-state index is 12.1. The Kier molecular flexibility index (Phi) is 2.97. The summed E-state index contributed by atoms with van der Waals surface area (Å²) in [5.41, 5.74) is 0.448. The summed E-state index contributed by atoms with van der Waals surface area (Å²) in [5, 5.41) is 16.1. The number of sulfone groups is 1. The minimum absolute atomic E-state index is 0.1000. The van der Waals surface area contributed by atoms with Crippen molar-refractivity contribution in [3.8, 4) is 0 Å². The average molecular weight is 295 g/mol. The molecule has 1 fully saturated rings. The maximum Gasteiger partial charge on any atom is 0.335 e. The molecule has 0 bridgehead atoms. The van der Waals surface area contributed by atoms with E-state index in [4.69, 9.17) is 5.11 Å². The van der Waals surface area contributed by atoms with E-state index < -0.39 is 21.1 Å². The molecule has 3 heterocycles. The van der Waals surface area contributed by atoms with E-state index in [1.165, 1.54) is 18.3 Å². The number of carbonyl (C=O) groups is 1. The van der Waals surface area contributed by atoms with E-state index in [0.717, 1.165) is 6.42 Å². The van der Waals surface area contributed by atoms with E-state index in [2.05, 4.69) is 10.2 Å². The van der Waals surface area contributed by atoms with Gasteiger partial charge < -0.3 is 5.11 Å². The summed E-state index contributed by atoms with van der Waals surface area (Å²) >= 11 is 0. The van der Waals surface area contributed by atoms with Crippen molar-refractivity contribution in [3.63, 3.8) is 0 Å². The molecule has 1 saturated heterocycles. The number of aromatic carboxylic acids is 1. The second kappa shape index (κ2) is 4.55. The Bertz CT molecular complexity index is 781. The van der Waals surface area contributed by atoms with Gasteiger partial charge in [-0.15, -0.1) is 10.2 Å². The Morgan fingerprint density at radius 1 is 1.35 bits per heavy atom. The van der Waals surface area contributed by atoms with Crippen LogP contribution in [0.5, 0.6) is 0 Å². The molecule has 0 spiro atoms. The van der Waals surface area contributed by atoms with Crippen LogP contribution in [0.4, 0.5) is 0 Å². The van der Waals surface area contributed by atoms with Crippen molar-refractivity contribution in [2.24, 2.45) is 0 Å².